The fourth-order valence-corrected chi connectivity index (χ4v) is 2.71. The molecule has 1 fully saturated rings. The summed E-state index contributed by atoms with van der Waals surface area (Å²) in [6, 6.07) is 7.28. The minimum absolute atomic E-state index is 0.0475. The van der Waals surface area contributed by atoms with Gasteiger partial charge in [0.1, 0.15) is 12.4 Å². The van der Waals surface area contributed by atoms with Crippen molar-refractivity contribution < 1.29 is 14.3 Å². The van der Waals surface area contributed by atoms with Gasteiger partial charge in [0, 0.05) is 5.56 Å². The maximum Gasteiger partial charge on any atom is 0.188 e. The van der Waals surface area contributed by atoms with E-state index in [4.69, 9.17) is 9.47 Å². The molecule has 2 unspecified atom stereocenters. The summed E-state index contributed by atoms with van der Waals surface area (Å²) in [4.78, 5) is 12.1. The van der Waals surface area contributed by atoms with Crippen LogP contribution in [0.15, 0.2) is 24.3 Å². The monoisotopic (exact) mass is 276 g/mol. The summed E-state index contributed by atoms with van der Waals surface area (Å²) in [6.45, 7) is 5.02. The van der Waals surface area contributed by atoms with Crippen molar-refractivity contribution in [1.29, 1.82) is 0 Å². The molecule has 1 aromatic carbocycles. The van der Waals surface area contributed by atoms with Crippen LogP contribution in [0.4, 0.5) is 0 Å². The van der Waals surface area contributed by atoms with E-state index >= 15 is 0 Å². The van der Waals surface area contributed by atoms with E-state index in [2.05, 4.69) is 6.92 Å². The highest BCUT2D eigenvalue weighted by Gasteiger charge is 2.20. The predicted molar refractivity (Wildman–Crippen MR) is 79.3 cm³/mol. The predicted octanol–water partition coefficient (Wildman–Crippen LogP) is 3.86. The van der Waals surface area contributed by atoms with Gasteiger partial charge in [-0.1, -0.05) is 19.8 Å². The van der Waals surface area contributed by atoms with Crippen LogP contribution in [0.5, 0.6) is 5.75 Å². The van der Waals surface area contributed by atoms with E-state index in [0.29, 0.717) is 18.1 Å². The molecule has 110 valence electrons. The largest absolute Gasteiger partial charge is 0.494 e. The average molecular weight is 276 g/mol. The van der Waals surface area contributed by atoms with Gasteiger partial charge in [0.15, 0.2) is 5.78 Å². The number of benzene rings is 1. The van der Waals surface area contributed by atoms with Gasteiger partial charge < -0.3 is 9.47 Å². The van der Waals surface area contributed by atoms with E-state index in [1.807, 2.05) is 19.1 Å². The quantitative estimate of drug-likeness (QED) is 0.740. The molecule has 0 radical (unpaired) electrons. The standard InChI is InChI=1S/C17H24O3/c1-3-19-15-9-7-14(8-10-15)17(18)12-20-16-6-4-5-13(2)11-16/h7-10,13,16H,3-6,11-12H2,1-2H3. The van der Waals surface area contributed by atoms with Crippen molar-refractivity contribution in [3.63, 3.8) is 0 Å². The van der Waals surface area contributed by atoms with Crippen LogP contribution in [0.3, 0.4) is 0 Å². The lowest BCUT2D eigenvalue weighted by Crippen LogP contribution is -2.24. The Balaban J connectivity index is 1.82. The van der Waals surface area contributed by atoms with Gasteiger partial charge in [0.05, 0.1) is 12.7 Å². The fourth-order valence-electron chi connectivity index (χ4n) is 2.71. The van der Waals surface area contributed by atoms with Crippen LogP contribution >= 0.6 is 0 Å². The Bertz CT molecular complexity index is 424. The minimum Gasteiger partial charge on any atom is -0.494 e. The normalized spacial score (nSPS) is 22.5. The number of carbonyl (C=O) groups excluding carboxylic acids is 1. The molecule has 2 atom stereocenters. The first-order valence-electron chi connectivity index (χ1n) is 7.56. The average Bonchev–Trinajstić information content (AvgIpc) is 2.46. The van der Waals surface area contributed by atoms with Crippen molar-refractivity contribution in [3.8, 4) is 5.75 Å². The molecule has 0 amide bonds. The van der Waals surface area contributed by atoms with Crippen LogP contribution in [0.25, 0.3) is 0 Å². The van der Waals surface area contributed by atoms with Crippen LogP contribution < -0.4 is 4.74 Å². The van der Waals surface area contributed by atoms with Gasteiger partial charge in [-0.05, 0) is 49.9 Å². The Kier molecular flexibility index (Phi) is 5.60. The fraction of sp³-hybridized carbons (Fsp3) is 0.588. The van der Waals surface area contributed by atoms with Gasteiger partial charge in [0.2, 0.25) is 0 Å². The number of hydrogen-bond donors (Lipinski definition) is 0. The molecule has 1 aromatic rings. The molecule has 0 aromatic heterocycles. The molecule has 0 bridgehead atoms. The van der Waals surface area contributed by atoms with Crippen molar-refractivity contribution >= 4 is 5.78 Å². The van der Waals surface area contributed by atoms with E-state index in [0.717, 1.165) is 18.6 Å². The molecule has 0 saturated heterocycles. The summed E-state index contributed by atoms with van der Waals surface area (Å²) in [7, 11) is 0. The number of ketones is 1. The molecule has 1 saturated carbocycles. The first-order chi connectivity index (χ1) is 9.69. The Hall–Kier alpha value is -1.35. The van der Waals surface area contributed by atoms with Crippen molar-refractivity contribution in [3.05, 3.63) is 29.8 Å². The Labute approximate surface area is 121 Å². The van der Waals surface area contributed by atoms with Gasteiger partial charge in [-0.15, -0.1) is 0 Å². The van der Waals surface area contributed by atoms with Crippen molar-refractivity contribution in [1.82, 2.24) is 0 Å². The molecule has 0 N–H and O–H groups in total. The topological polar surface area (TPSA) is 35.5 Å². The van der Waals surface area contributed by atoms with Crippen LogP contribution in [0.2, 0.25) is 0 Å². The van der Waals surface area contributed by atoms with E-state index in [1.54, 1.807) is 12.1 Å². The van der Waals surface area contributed by atoms with Crippen LogP contribution in [0, 0.1) is 5.92 Å². The molecule has 3 nitrogen and oxygen atoms in total. The van der Waals surface area contributed by atoms with Crippen molar-refractivity contribution in [2.24, 2.45) is 5.92 Å². The SMILES string of the molecule is CCOc1ccc(C(=O)COC2CCCC(C)C2)cc1. The summed E-state index contributed by atoms with van der Waals surface area (Å²) in [5.41, 5.74) is 0.692. The van der Waals surface area contributed by atoms with Gasteiger partial charge >= 0.3 is 0 Å². The highest BCUT2D eigenvalue weighted by molar-refractivity contribution is 5.97. The number of rotatable bonds is 6. The molecule has 1 aliphatic carbocycles. The third-order valence-corrected chi connectivity index (χ3v) is 3.83. The first-order valence-corrected chi connectivity index (χ1v) is 7.56. The lowest BCUT2D eigenvalue weighted by Gasteiger charge is -2.26. The summed E-state index contributed by atoms with van der Waals surface area (Å²) < 4.78 is 11.1. The first kappa shape index (κ1) is 15.0. The minimum atomic E-state index is 0.0475. The maximum atomic E-state index is 12.1. The molecular weight excluding hydrogens is 252 g/mol. The van der Waals surface area contributed by atoms with E-state index in [1.165, 1.54) is 12.8 Å². The van der Waals surface area contributed by atoms with Crippen molar-refractivity contribution in [2.75, 3.05) is 13.2 Å². The number of hydrogen-bond acceptors (Lipinski definition) is 3. The smallest absolute Gasteiger partial charge is 0.188 e. The number of ether oxygens (including phenoxy) is 2. The summed E-state index contributed by atoms with van der Waals surface area (Å²) >= 11 is 0. The molecule has 0 spiro atoms. The van der Waals surface area contributed by atoms with Crippen LogP contribution in [-0.2, 0) is 4.74 Å². The second-order valence-electron chi connectivity index (χ2n) is 5.59. The second-order valence-corrected chi connectivity index (χ2v) is 5.59. The Morgan fingerprint density at radius 2 is 2.00 bits per heavy atom. The highest BCUT2D eigenvalue weighted by Crippen LogP contribution is 2.25. The maximum absolute atomic E-state index is 12.1. The molecule has 2 rings (SSSR count). The molecule has 0 aliphatic heterocycles. The van der Waals surface area contributed by atoms with Gasteiger partial charge in [-0.3, -0.25) is 4.79 Å². The van der Waals surface area contributed by atoms with Crippen molar-refractivity contribution in [2.45, 2.75) is 45.6 Å². The molecule has 3 heteroatoms. The Morgan fingerprint density at radius 1 is 1.25 bits per heavy atom. The third kappa shape index (κ3) is 4.34. The second kappa shape index (κ2) is 7.44. The zero-order valence-corrected chi connectivity index (χ0v) is 12.4. The molecule has 0 heterocycles. The molecule has 1 aliphatic rings. The van der Waals surface area contributed by atoms with Gasteiger partial charge in [0.25, 0.3) is 0 Å². The number of Topliss-reactive ketones (excluding diaryl/α,β-unsaturated/α-hetero) is 1. The van der Waals surface area contributed by atoms with E-state index in [9.17, 15) is 4.79 Å². The summed E-state index contributed by atoms with van der Waals surface area (Å²) in [6.07, 6.45) is 4.91. The summed E-state index contributed by atoms with van der Waals surface area (Å²) in [5, 5.41) is 0. The zero-order chi connectivity index (χ0) is 14.4. The van der Waals surface area contributed by atoms with Crippen LogP contribution in [0.1, 0.15) is 49.9 Å². The van der Waals surface area contributed by atoms with E-state index in [-0.39, 0.29) is 18.5 Å². The lowest BCUT2D eigenvalue weighted by atomic mass is 9.89. The Morgan fingerprint density at radius 3 is 2.65 bits per heavy atom. The molecular formula is C17H24O3. The van der Waals surface area contributed by atoms with Gasteiger partial charge in [-0.2, -0.15) is 0 Å². The highest BCUT2D eigenvalue weighted by atomic mass is 16.5. The lowest BCUT2D eigenvalue weighted by molar-refractivity contribution is 0.0182. The van der Waals surface area contributed by atoms with E-state index < -0.39 is 0 Å². The molecule has 20 heavy (non-hydrogen) atoms. The zero-order valence-electron chi connectivity index (χ0n) is 12.4. The third-order valence-electron chi connectivity index (χ3n) is 3.83. The summed E-state index contributed by atoms with van der Waals surface area (Å²) in [5.74, 6) is 1.56. The van der Waals surface area contributed by atoms with Gasteiger partial charge in [-0.25, -0.2) is 0 Å². The number of carbonyl (C=O) groups is 1. The van der Waals surface area contributed by atoms with Crippen LogP contribution in [-0.4, -0.2) is 25.1 Å².